The SMILES string of the molecule is O=C(CC1CCCCC1)OC(=O)CC1CCCCC1. The van der Waals surface area contributed by atoms with Gasteiger partial charge < -0.3 is 4.74 Å². The predicted molar refractivity (Wildman–Crippen MR) is 73.5 cm³/mol. The van der Waals surface area contributed by atoms with Gasteiger partial charge in [0.05, 0.1) is 0 Å². The Hall–Kier alpha value is -0.860. The molecule has 0 aromatic rings. The summed E-state index contributed by atoms with van der Waals surface area (Å²) >= 11 is 0. The first-order valence-electron chi connectivity index (χ1n) is 7.97. The van der Waals surface area contributed by atoms with Gasteiger partial charge in [-0.25, -0.2) is 0 Å². The third-order valence-electron chi connectivity index (χ3n) is 4.59. The molecule has 0 spiro atoms. The van der Waals surface area contributed by atoms with Crippen LogP contribution in [0.15, 0.2) is 0 Å². The minimum atomic E-state index is -0.298. The number of hydrogen-bond donors (Lipinski definition) is 0. The van der Waals surface area contributed by atoms with Crippen molar-refractivity contribution in [2.45, 2.75) is 77.0 Å². The molecule has 3 nitrogen and oxygen atoms in total. The Morgan fingerprint density at radius 3 is 1.42 bits per heavy atom. The second-order valence-corrected chi connectivity index (χ2v) is 6.26. The molecule has 0 atom stereocenters. The summed E-state index contributed by atoms with van der Waals surface area (Å²) in [6, 6.07) is 0. The molecule has 0 radical (unpaired) electrons. The summed E-state index contributed by atoms with van der Waals surface area (Å²) in [7, 11) is 0. The van der Waals surface area contributed by atoms with Gasteiger partial charge in [0.1, 0.15) is 0 Å². The van der Waals surface area contributed by atoms with Gasteiger partial charge in [-0.3, -0.25) is 9.59 Å². The molecule has 0 amide bonds. The van der Waals surface area contributed by atoms with Crippen LogP contribution in [0.1, 0.15) is 77.0 Å². The number of hydrogen-bond acceptors (Lipinski definition) is 3. The predicted octanol–water partition coefficient (Wildman–Crippen LogP) is 4.00. The van der Waals surface area contributed by atoms with Gasteiger partial charge in [0, 0.05) is 12.8 Å². The van der Waals surface area contributed by atoms with Crippen molar-refractivity contribution in [2.24, 2.45) is 11.8 Å². The van der Waals surface area contributed by atoms with Crippen molar-refractivity contribution in [2.75, 3.05) is 0 Å². The lowest BCUT2D eigenvalue weighted by Gasteiger charge is -2.21. The van der Waals surface area contributed by atoms with Gasteiger partial charge in [0.25, 0.3) is 0 Å². The molecule has 2 saturated carbocycles. The molecule has 0 unspecified atom stereocenters. The smallest absolute Gasteiger partial charge is 0.313 e. The van der Waals surface area contributed by atoms with E-state index in [-0.39, 0.29) is 11.9 Å². The van der Waals surface area contributed by atoms with Crippen LogP contribution in [0.25, 0.3) is 0 Å². The van der Waals surface area contributed by atoms with Crippen LogP contribution in [0.5, 0.6) is 0 Å². The van der Waals surface area contributed by atoms with E-state index in [0.717, 1.165) is 25.7 Å². The Bertz CT molecular complexity index is 269. The molecule has 2 rings (SSSR count). The first kappa shape index (κ1) is 14.5. The fourth-order valence-corrected chi connectivity index (χ4v) is 3.46. The summed E-state index contributed by atoms with van der Waals surface area (Å²) in [6.45, 7) is 0. The van der Waals surface area contributed by atoms with Crippen molar-refractivity contribution >= 4 is 11.9 Å². The standard InChI is InChI=1S/C16H26O3/c17-15(11-13-7-3-1-4-8-13)19-16(18)12-14-9-5-2-6-10-14/h13-14H,1-12H2. The second-order valence-electron chi connectivity index (χ2n) is 6.26. The molecule has 0 N–H and O–H groups in total. The van der Waals surface area contributed by atoms with E-state index in [1.165, 1.54) is 38.5 Å². The van der Waals surface area contributed by atoms with Crippen LogP contribution < -0.4 is 0 Å². The Morgan fingerprint density at radius 1 is 0.684 bits per heavy atom. The number of carbonyl (C=O) groups excluding carboxylic acids is 2. The van der Waals surface area contributed by atoms with E-state index in [1.54, 1.807) is 0 Å². The summed E-state index contributed by atoms with van der Waals surface area (Å²) in [5, 5.41) is 0. The molecule has 19 heavy (non-hydrogen) atoms. The third kappa shape index (κ3) is 5.33. The Morgan fingerprint density at radius 2 is 1.05 bits per heavy atom. The molecule has 0 heterocycles. The number of rotatable bonds is 4. The zero-order valence-electron chi connectivity index (χ0n) is 11.9. The van der Waals surface area contributed by atoms with E-state index >= 15 is 0 Å². The van der Waals surface area contributed by atoms with E-state index in [4.69, 9.17) is 4.74 Å². The molecule has 0 saturated heterocycles. The molecule has 0 aromatic carbocycles. The zero-order valence-corrected chi connectivity index (χ0v) is 11.9. The van der Waals surface area contributed by atoms with Crippen LogP contribution in [0.2, 0.25) is 0 Å². The average Bonchev–Trinajstić information content (AvgIpc) is 2.40. The summed E-state index contributed by atoms with van der Waals surface area (Å²) in [5.74, 6) is 0.299. The lowest BCUT2D eigenvalue weighted by atomic mass is 9.87. The van der Waals surface area contributed by atoms with Gasteiger partial charge >= 0.3 is 11.9 Å². The minimum absolute atomic E-state index is 0.298. The number of esters is 2. The molecular formula is C16H26O3. The van der Waals surface area contributed by atoms with Crippen LogP contribution in [-0.2, 0) is 14.3 Å². The van der Waals surface area contributed by atoms with Crippen LogP contribution in [0.3, 0.4) is 0 Å². The molecule has 2 fully saturated rings. The average molecular weight is 266 g/mol. The molecule has 0 bridgehead atoms. The maximum Gasteiger partial charge on any atom is 0.313 e. The fourth-order valence-electron chi connectivity index (χ4n) is 3.46. The summed E-state index contributed by atoms with van der Waals surface area (Å²) < 4.78 is 4.98. The lowest BCUT2D eigenvalue weighted by Crippen LogP contribution is -2.20. The second kappa shape index (κ2) is 7.66. The Kier molecular flexibility index (Phi) is 5.87. The monoisotopic (exact) mass is 266 g/mol. The maximum atomic E-state index is 11.7. The van der Waals surface area contributed by atoms with E-state index in [0.29, 0.717) is 24.7 Å². The Balaban J connectivity index is 1.64. The van der Waals surface area contributed by atoms with Crippen molar-refractivity contribution < 1.29 is 14.3 Å². The van der Waals surface area contributed by atoms with Crippen molar-refractivity contribution in [3.63, 3.8) is 0 Å². The quantitative estimate of drug-likeness (QED) is 0.570. The summed E-state index contributed by atoms with van der Waals surface area (Å²) in [5.41, 5.74) is 0. The normalized spacial score (nSPS) is 22.1. The summed E-state index contributed by atoms with van der Waals surface area (Å²) in [4.78, 5) is 23.4. The molecule has 2 aliphatic rings. The molecule has 0 aliphatic heterocycles. The van der Waals surface area contributed by atoms with Crippen molar-refractivity contribution in [1.29, 1.82) is 0 Å². The van der Waals surface area contributed by atoms with Gasteiger partial charge in [-0.1, -0.05) is 38.5 Å². The van der Waals surface area contributed by atoms with E-state index < -0.39 is 0 Å². The molecule has 3 heteroatoms. The highest BCUT2D eigenvalue weighted by atomic mass is 16.6. The van der Waals surface area contributed by atoms with Crippen LogP contribution in [0.4, 0.5) is 0 Å². The topological polar surface area (TPSA) is 43.4 Å². The highest BCUT2D eigenvalue weighted by Gasteiger charge is 2.22. The largest absolute Gasteiger partial charge is 0.393 e. The lowest BCUT2D eigenvalue weighted by molar-refractivity contribution is -0.161. The van der Waals surface area contributed by atoms with E-state index in [9.17, 15) is 9.59 Å². The van der Waals surface area contributed by atoms with Crippen LogP contribution >= 0.6 is 0 Å². The number of carbonyl (C=O) groups is 2. The van der Waals surface area contributed by atoms with E-state index in [2.05, 4.69) is 0 Å². The van der Waals surface area contributed by atoms with Crippen molar-refractivity contribution in [1.82, 2.24) is 0 Å². The maximum absolute atomic E-state index is 11.7. The molecular weight excluding hydrogens is 240 g/mol. The zero-order chi connectivity index (χ0) is 13.5. The van der Waals surface area contributed by atoms with Crippen molar-refractivity contribution in [3.05, 3.63) is 0 Å². The third-order valence-corrected chi connectivity index (χ3v) is 4.59. The van der Waals surface area contributed by atoms with Crippen LogP contribution in [-0.4, -0.2) is 11.9 Å². The van der Waals surface area contributed by atoms with Crippen LogP contribution in [0, 0.1) is 11.8 Å². The first-order chi connectivity index (χ1) is 9.24. The van der Waals surface area contributed by atoms with Gasteiger partial charge in [-0.2, -0.15) is 0 Å². The highest BCUT2D eigenvalue weighted by molar-refractivity contribution is 5.85. The molecule has 0 aromatic heterocycles. The molecule has 108 valence electrons. The van der Waals surface area contributed by atoms with E-state index in [1.807, 2.05) is 0 Å². The van der Waals surface area contributed by atoms with Crippen molar-refractivity contribution in [3.8, 4) is 0 Å². The van der Waals surface area contributed by atoms with Gasteiger partial charge in [-0.15, -0.1) is 0 Å². The summed E-state index contributed by atoms with van der Waals surface area (Å²) in [6.07, 6.45) is 12.8. The minimum Gasteiger partial charge on any atom is -0.393 e. The first-order valence-corrected chi connectivity index (χ1v) is 7.97. The Labute approximate surface area is 116 Å². The number of ether oxygens (including phenoxy) is 1. The van der Waals surface area contributed by atoms with Gasteiger partial charge in [-0.05, 0) is 37.5 Å². The fraction of sp³-hybridized carbons (Fsp3) is 0.875. The molecule has 2 aliphatic carbocycles. The van der Waals surface area contributed by atoms with Gasteiger partial charge in [0.15, 0.2) is 0 Å². The highest BCUT2D eigenvalue weighted by Crippen LogP contribution is 2.28. The van der Waals surface area contributed by atoms with Gasteiger partial charge in [0.2, 0.25) is 0 Å².